The van der Waals surface area contributed by atoms with Crippen molar-refractivity contribution in [2.24, 2.45) is 0 Å². The molecule has 0 aromatic rings. The van der Waals surface area contributed by atoms with Gasteiger partial charge in [-0.2, -0.15) is 0 Å². The molecule has 1 fully saturated rings. The topological polar surface area (TPSA) is 111 Å². The second-order valence-electron chi connectivity index (χ2n) is 4.61. The fourth-order valence-electron chi connectivity index (χ4n) is 2.12. The van der Waals surface area contributed by atoms with Gasteiger partial charge in [0.05, 0.1) is 0 Å². The number of carbonyl (C=O) groups excluding carboxylic acids is 3. The number of carbonyl (C=O) groups is 3. The third kappa shape index (κ3) is 4.17. The second-order valence-corrected chi connectivity index (χ2v) is 4.61. The summed E-state index contributed by atoms with van der Waals surface area (Å²) in [4.78, 5) is 33.2. The quantitative estimate of drug-likeness (QED) is 0.644. The molecule has 0 saturated carbocycles. The summed E-state index contributed by atoms with van der Waals surface area (Å²) in [5.74, 6) is -1.53. The third-order valence-corrected chi connectivity index (χ3v) is 2.77. The van der Waals surface area contributed by atoms with Gasteiger partial charge in [0.2, 0.25) is 5.91 Å². The van der Waals surface area contributed by atoms with Crippen molar-refractivity contribution in [3.05, 3.63) is 0 Å². The van der Waals surface area contributed by atoms with Crippen molar-refractivity contribution >= 4 is 17.8 Å². The lowest BCUT2D eigenvalue weighted by atomic mass is 10.0. The summed E-state index contributed by atoms with van der Waals surface area (Å²) in [6.45, 7) is 5.24. The standard InChI is InChI=1S/C12H19NO7/c1-5(18-7(3)15)10-11(19-8(4)16)9(12(17)20-10)13-6(2)14/h5,9-12,17H,1-4H3,(H,13,14). The molecule has 0 aliphatic carbocycles. The number of hydrogen-bond donors (Lipinski definition) is 2. The molecular formula is C12H19NO7. The average molecular weight is 289 g/mol. The van der Waals surface area contributed by atoms with Gasteiger partial charge in [-0.15, -0.1) is 0 Å². The maximum absolute atomic E-state index is 11.1. The average Bonchev–Trinajstić information content (AvgIpc) is 2.55. The van der Waals surface area contributed by atoms with Crippen LogP contribution in [-0.2, 0) is 28.6 Å². The Hall–Kier alpha value is -1.67. The van der Waals surface area contributed by atoms with Crippen LogP contribution in [0.25, 0.3) is 0 Å². The number of rotatable bonds is 4. The van der Waals surface area contributed by atoms with Gasteiger partial charge >= 0.3 is 11.9 Å². The molecule has 2 N–H and O–H groups in total. The number of amides is 1. The summed E-state index contributed by atoms with van der Waals surface area (Å²) in [6, 6.07) is -0.917. The zero-order valence-electron chi connectivity index (χ0n) is 11.8. The number of nitrogens with one attached hydrogen (secondary N) is 1. The summed E-state index contributed by atoms with van der Waals surface area (Å²) in [5.41, 5.74) is 0. The van der Waals surface area contributed by atoms with Gasteiger partial charge in [0.1, 0.15) is 18.2 Å². The van der Waals surface area contributed by atoms with E-state index >= 15 is 0 Å². The van der Waals surface area contributed by atoms with Crippen molar-refractivity contribution in [1.82, 2.24) is 5.32 Å². The zero-order valence-corrected chi connectivity index (χ0v) is 11.8. The summed E-state index contributed by atoms with van der Waals surface area (Å²) < 4.78 is 15.3. The molecule has 0 spiro atoms. The molecule has 0 aromatic heterocycles. The highest BCUT2D eigenvalue weighted by molar-refractivity contribution is 5.73. The van der Waals surface area contributed by atoms with Gasteiger partial charge in [-0.05, 0) is 6.92 Å². The van der Waals surface area contributed by atoms with Gasteiger partial charge < -0.3 is 24.6 Å². The maximum atomic E-state index is 11.1. The van der Waals surface area contributed by atoms with Crippen LogP contribution in [0.15, 0.2) is 0 Å². The Bertz CT molecular complexity index is 397. The van der Waals surface area contributed by atoms with E-state index in [1.165, 1.54) is 20.8 Å². The monoisotopic (exact) mass is 289 g/mol. The van der Waals surface area contributed by atoms with E-state index in [-0.39, 0.29) is 0 Å². The Labute approximate surface area is 116 Å². The minimum absolute atomic E-state index is 0.407. The van der Waals surface area contributed by atoms with E-state index in [0.29, 0.717) is 0 Å². The van der Waals surface area contributed by atoms with Gasteiger partial charge in [0.15, 0.2) is 12.4 Å². The molecule has 5 atom stereocenters. The fraction of sp³-hybridized carbons (Fsp3) is 0.750. The smallest absolute Gasteiger partial charge is 0.303 e. The van der Waals surface area contributed by atoms with Gasteiger partial charge in [-0.25, -0.2) is 0 Å². The molecule has 5 unspecified atom stereocenters. The second kappa shape index (κ2) is 6.67. The van der Waals surface area contributed by atoms with Crippen LogP contribution < -0.4 is 5.32 Å². The molecule has 0 radical (unpaired) electrons. The normalized spacial score (nSPS) is 30.4. The molecule has 1 aliphatic heterocycles. The number of ether oxygens (including phenoxy) is 3. The van der Waals surface area contributed by atoms with Crippen LogP contribution in [0.5, 0.6) is 0 Å². The van der Waals surface area contributed by atoms with E-state index in [1.807, 2.05) is 0 Å². The highest BCUT2D eigenvalue weighted by Crippen LogP contribution is 2.26. The van der Waals surface area contributed by atoms with Gasteiger partial charge in [0.25, 0.3) is 0 Å². The minimum Gasteiger partial charge on any atom is -0.460 e. The molecule has 1 heterocycles. The van der Waals surface area contributed by atoms with Gasteiger partial charge in [-0.3, -0.25) is 14.4 Å². The lowest BCUT2D eigenvalue weighted by Crippen LogP contribution is -2.50. The Morgan fingerprint density at radius 1 is 1.20 bits per heavy atom. The summed E-state index contributed by atoms with van der Waals surface area (Å²) in [5, 5.41) is 12.3. The molecule has 114 valence electrons. The molecule has 0 aromatic carbocycles. The largest absolute Gasteiger partial charge is 0.460 e. The van der Waals surface area contributed by atoms with Crippen molar-refractivity contribution in [1.29, 1.82) is 0 Å². The highest BCUT2D eigenvalue weighted by atomic mass is 16.7. The first-order chi connectivity index (χ1) is 9.22. The third-order valence-electron chi connectivity index (χ3n) is 2.77. The van der Waals surface area contributed by atoms with Crippen molar-refractivity contribution in [2.45, 2.75) is 58.3 Å². The van der Waals surface area contributed by atoms with Crippen LogP contribution in [0.3, 0.4) is 0 Å². The molecule has 8 nitrogen and oxygen atoms in total. The van der Waals surface area contributed by atoms with Crippen LogP contribution >= 0.6 is 0 Å². The molecule has 1 amide bonds. The molecule has 8 heteroatoms. The van der Waals surface area contributed by atoms with E-state index in [0.717, 1.165) is 0 Å². The van der Waals surface area contributed by atoms with Crippen LogP contribution in [-0.4, -0.2) is 53.6 Å². The summed E-state index contributed by atoms with van der Waals surface area (Å²) in [6.07, 6.45) is -3.91. The SMILES string of the molecule is CC(=O)NC1C(O)OC(C(C)OC(C)=O)C1OC(C)=O. The predicted octanol–water partition coefficient (Wildman–Crippen LogP) is -0.908. The maximum Gasteiger partial charge on any atom is 0.303 e. The number of esters is 2. The first-order valence-corrected chi connectivity index (χ1v) is 6.17. The molecule has 1 aliphatic rings. The Morgan fingerprint density at radius 2 is 1.80 bits per heavy atom. The molecule has 0 bridgehead atoms. The molecule has 1 rings (SSSR count). The fourth-order valence-corrected chi connectivity index (χ4v) is 2.12. The first kappa shape index (κ1) is 16.4. The van der Waals surface area contributed by atoms with Crippen molar-refractivity contribution in [2.75, 3.05) is 0 Å². The van der Waals surface area contributed by atoms with E-state index in [1.54, 1.807) is 6.92 Å². The van der Waals surface area contributed by atoms with Crippen molar-refractivity contribution in [3.63, 3.8) is 0 Å². The van der Waals surface area contributed by atoms with E-state index in [4.69, 9.17) is 14.2 Å². The van der Waals surface area contributed by atoms with Crippen LogP contribution in [0.4, 0.5) is 0 Å². The Morgan fingerprint density at radius 3 is 2.25 bits per heavy atom. The highest BCUT2D eigenvalue weighted by Gasteiger charge is 2.49. The zero-order chi connectivity index (χ0) is 15.4. The number of aliphatic hydroxyl groups is 1. The lowest BCUT2D eigenvalue weighted by Gasteiger charge is -2.26. The van der Waals surface area contributed by atoms with E-state index in [9.17, 15) is 19.5 Å². The molecular weight excluding hydrogens is 270 g/mol. The Kier molecular flexibility index (Phi) is 5.46. The van der Waals surface area contributed by atoms with Crippen LogP contribution in [0, 0.1) is 0 Å². The van der Waals surface area contributed by atoms with Crippen LogP contribution in [0.2, 0.25) is 0 Å². The van der Waals surface area contributed by atoms with E-state index in [2.05, 4.69) is 5.32 Å². The number of hydrogen-bond acceptors (Lipinski definition) is 7. The molecule has 20 heavy (non-hydrogen) atoms. The molecule has 1 saturated heterocycles. The van der Waals surface area contributed by atoms with Gasteiger partial charge in [0, 0.05) is 20.8 Å². The summed E-state index contributed by atoms with van der Waals surface area (Å²) >= 11 is 0. The predicted molar refractivity (Wildman–Crippen MR) is 65.3 cm³/mol. The Balaban J connectivity index is 2.89. The van der Waals surface area contributed by atoms with Crippen molar-refractivity contribution < 1.29 is 33.7 Å². The summed E-state index contributed by atoms with van der Waals surface area (Å²) in [7, 11) is 0. The minimum atomic E-state index is -1.36. The van der Waals surface area contributed by atoms with Gasteiger partial charge in [-0.1, -0.05) is 0 Å². The lowest BCUT2D eigenvalue weighted by molar-refractivity contribution is -0.170. The van der Waals surface area contributed by atoms with Crippen molar-refractivity contribution in [3.8, 4) is 0 Å². The number of aliphatic hydroxyl groups excluding tert-OH is 1. The van der Waals surface area contributed by atoms with Crippen LogP contribution in [0.1, 0.15) is 27.7 Å². The van der Waals surface area contributed by atoms with E-state index < -0.39 is 48.5 Å². The first-order valence-electron chi connectivity index (χ1n) is 6.17.